The van der Waals surface area contributed by atoms with E-state index in [-0.39, 0.29) is 0 Å². The van der Waals surface area contributed by atoms with Gasteiger partial charge >= 0.3 is 0 Å². The Bertz CT molecular complexity index is 564. The van der Waals surface area contributed by atoms with Crippen LogP contribution in [0.2, 0.25) is 0 Å². The molecule has 0 amide bonds. The molecule has 0 aliphatic carbocycles. The first kappa shape index (κ1) is 12.6. The van der Waals surface area contributed by atoms with Crippen molar-refractivity contribution in [2.75, 3.05) is 13.7 Å². The first-order valence-corrected chi connectivity index (χ1v) is 6.94. The van der Waals surface area contributed by atoms with Crippen molar-refractivity contribution in [2.45, 2.75) is 25.5 Å². The van der Waals surface area contributed by atoms with Gasteiger partial charge in [-0.05, 0) is 38.1 Å². The number of hydrogen-bond donors (Lipinski definition) is 1. The number of pyridine rings is 1. The lowest BCUT2D eigenvalue weighted by Gasteiger charge is -2.26. The molecule has 1 N–H and O–H groups in total. The fourth-order valence-electron chi connectivity index (χ4n) is 3.18. The molecule has 2 heterocycles. The number of aromatic nitrogens is 1. The third-order valence-corrected chi connectivity index (χ3v) is 4.19. The van der Waals surface area contributed by atoms with E-state index in [4.69, 9.17) is 4.74 Å². The summed E-state index contributed by atoms with van der Waals surface area (Å²) < 4.78 is 5.73. The molecular weight excluding hydrogens is 236 g/mol. The van der Waals surface area contributed by atoms with Crippen LogP contribution in [-0.2, 0) is 4.74 Å². The fourth-order valence-corrected chi connectivity index (χ4v) is 3.18. The van der Waals surface area contributed by atoms with Crippen molar-refractivity contribution in [1.29, 1.82) is 0 Å². The minimum Gasteiger partial charge on any atom is -0.378 e. The molecule has 1 aromatic heterocycles. The van der Waals surface area contributed by atoms with Crippen LogP contribution in [0.25, 0.3) is 10.9 Å². The second-order valence-electron chi connectivity index (χ2n) is 5.21. The molecule has 1 aliphatic heterocycles. The summed E-state index contributed by atoms with van der Waals surface area (Å²) >= 11 is 0. The molecule has 3 unspecified atom stereocenters. The van der Waals surface area contributed by atoms with Gasteiger partial charge in [0.1, 0.15) is 0 Å². The molecule has 3 nitrogen and oxygen atoms in total. The van der Waals surface area contributed by atoms with Crippen molar-refractivity contribution in [3.8, 4) is 0 Å². The summed E-state index contributed by atoms with van der Waals surface area (Å²) in [6.07, 6.45) is 3.27. The number of nitrogens with zero attached hydrogens (tertiary/aromatic N) is 1. The summed E-state index contributed by atoms with van der Waals surface area (Å²) in [6.45, 7) is 3.04. The van der Waals surface area contributed by atoms with Gasteiger partial charge in [0.25, 0.3) is 0 Å². The topological polar surface area (TPSA) is 34.2 Å². The standard InChI is InChI=1S/C16H20N2O/c1-11-12(8-10-19-11)16(17-2)14-5-3-7-15-13(14)6-4-9-18-15/h3-7,9,11-12,16-17H,8,10H2,1-2H3. The zero-order valence-electron chi connectivity index (χ0n) is 11.5. The summed E-state index contributed by atoms with van der Waals surface area (Å²) in [6, 6.07) is 10.9. The minimum atomic E-state index is 0.310. The largest absolute Gasteiger partial charge is 0.378 e. The van der Waals surface area contributed by atoms with Crippen LogP contribution in [0.15, 0.2) is 36.5 Å². The molecule has 1 fully saturated rings. The molecule has 3 rings (SSSR count). The molecule has 1 saturated heterocycles. The van der Waals surface area contributed by atoms with Gasteiger partial charge in [0.05, 0.1) is 11.6 Å². The second-order valence-corrected chi connectivity index (χ2v) is 5.21. The number of rotatable bonds is 3. The number of nitrogens with one attached hydrogen (secondary N) is 1. The summed E-state index contributed by atoms with van der Waals surface area (Å²) in [4.78, 5) is 4.45. The quantitative estimate of drug-likeness (QED) is 0.917. The van der Waals surface area contributed by atoms with Gasteiger partial charge in [-0.25, -0.2) is 0 Å². The van der Waals surface area contributed by atoms with E-state index in [2.05, 4.69) is 41.5 Å². The minimum absolute atomic E-state index is 0.310. The summed E-state index contributed by atoms with van der Waals surface area (Å²) in [7, 11) is 2.03. The highest BCUT2D eigenvalue weighted by molar-refractivity contribution is 5.82. The van der Waals surface area contributed by atoms with Crippen LogP contribution in [0, 0.1) is 5.92 Å². The van der Waals surface area contributed by atoms with Crippen molar-refractivity contribution in [1.82, 2.24) is 10.3 Å². The highest BCUT2D eigenvalue weighted by atomic mass is 16.5. The smallest absolute Gasteiger partial charge is 0.0705 e. The van der Waals surface area contributed by atoms with E-state index in [0.717, 1.165) is 18.5 Å². The Morgan fingerprint density at radius 1 is 1.32 bits per heavy atom. The number of hydrogen-bond acceptors (Lipinski definition) is 3. The Morgan fingerprint density at radius 3 is 2.95 bits per heavy atom. The van der Waals surface area contributed by atoms with E-state index in [1.165, 1.54) is 10.9 Å². The first-order chi connectivity index (χ1) is 9.31. The number of fused-ring (bicyclic) bond motifs is 1. The van der Waals surface area contributed by atoms with Gasteiger partial charge in [0.15, 0.2) is 0 Å². The van der Waals surface area contributed by atoms with Crippen LogP contribution in [0.5, 0.6) is 0 Å². The van der Waals surface area contributed by atoms with Gasteiger partial charge < -0.3 is 10.1 Å². The van der Waals surface area contributed by atoms with Gasteiger partial charge in [-0.2, -0.15) is 0 Å². The van der Waals surface area contributed by atoms with Crippen LogP contribution in [0.1, 0.15) is 24.9 Å². The van der Waals surface area contributed by atoms with Crippen LogP contribution >= 0.6 is 0 Å². The molecule has 3 heteroatoms. The Balaban J connectivity index is 2.06. The van der Waals surface area contributed by atoms with E-state index in [1.54, 1.807) is 0 Å². The Kier molecular flexibility index (Phi) is 3.49. The zero-order valence-corrected chi connectivity index (χ0v) is 11.5. The second kappa shape index (κ2) is 5.27. The lowest BCUT2D eigenvalue weighted by molar-refractivity contribution is 0.0964. The van der Waals surface area contributed by atoms with Crippen molar-refractivity contribution < 1.29 is 4.74 Å². The SMILES string of the molecule is CNC(c1cccc2ncccc12)C1CCOC1C. The first-order valence-electron chi connectivity index (χ1n) is 6.94. The van der Waals surface area contributed by atoms with Crippen LogP contribution < -0.4 is 5.32 Å². The predicted octanol–water partition coefficient (Wildman–Crippen LogP) is 2.92. The van der Waals surface area contributed by atoms with Gasteiger partial charge in [-0.1, -0.05) is 18.2 Å². The van der Waals surface area contributed by atoms with Gasteiger partial charge in [0, 0.05) is 30.1 Å². The van der Waals surface area contributed by atoms with Crippen LogP contribution in [0.4, 0.5) is 0 Å². The van der Waals surface area contributed by atoms with Gasteiger partial charge in [-0.3, -0.25) is 4.98 Å². The molecule has 0 bridgehead atoms. The van der Waals surface area contributed by atoms with Crippen molar-refractivity contribution in [2.24, 2.45) is 5.92 Å². The molecule has 0 saturated carbocycles. The molecule has 0 radical (unpaired) electrons. The molecule has 100 valence electrons. The normalized spacial score (nSPS) is 24.7. The molecule has 1 aromatic carbocycles. The maximum absolute atomic E-state index is 5.73. The number of ether oxygens (including phenoxy) is 1. The molecule has 2 aromatic rings. The average Bonchev–Trinajstić information content (AvgIpc) is 2.86. The molecule has 3 atom stereocenters. The van der Waals surface area contributed by atoms with E-state index in [9.17, 15) is 0 Å². The number of benzene rings is 1. The van der Waals surface area contributed by atoms with E-state index >= 15 is 0 Å². The third kappa shape index (κ3) is 2.24. The third-order valence-electron chi connectivity index (χ3n) is 4.19. The van der Waals surface area contributed by atoms with Crippen molar-refractivity contribution in [3.05, 3.63) is 42.1 Å². The Labute approximate surface area is 114 Å². The molecular formula is C16H20N2O. The lowest BCUT2D eigenvalue weighted by atomic mass is 9.86. The molecule has 0 spiro atoms. The summed E-state index contributed by atoms with van der Waals surface area (Å²) in [5.74, 6) is 0.524. The highest BCUT2D eigenvalue weighted by Crippen LogP contribution is 2.35. The van der Waals surface area contributed by atoms with Crippen LogP contribution in [0.3, 0.4) is 0 Å². The van der Waals surface area contributed by atoms with E-state index in [0.29, 0.717) is 18.1 Å². The lowest BCUT2D eigenvalue weighted by Crippen LogP contribution is -2.29. The van der Waals surface area contributed by atoms with Crippen molar-refractivity contribution in [3.63, 3.8) is 0 Å². The average molecular weight is 256 g/mol. The zero-order chi connectivity index (χ0) is 13.2. The van der Waals surface area contributed by atoms with Gasteiger partial charge in [-0.15, -0.1) is 0 Å². The summed E-state index contributed by atoms with van der Waals surface area (Å²) in [5.41, 5.74) is 2.39. The monoisotopic (exact) mass is 256 g/mol. The van der Waals surface area contributed by atoms with E-state index in [1.807, 2.05) is 19.3 Å². The maximum Gasteiger partial charge on any atom is 0.0705 e. The van der Waals surface area contributed by atoms with E-state index < -0.39 is 0 Å². The van der Waals surface area contributed by atoms with Crippen LogP contribution in [-0.4, -0.2) is 24.7 Å². The molecule has 1 aliphatic rings. The maximum atomic E-state index is 5.73. The Hall–Kier alpha value is -1.45. The van der Waals surface area contributed by atoms with Crippen molar-refractivity contribution >= 4 is 10.9 Å². The highest BCUT2D eigenvalue weighted by Gasteiger charge is 2.32. The summed E-state index contributed by atoms with van der Waals surface area (Å²) in [5, 5.41) is 4.71. The molecule has 19 heavy (non-hydrogen) atoms. The predicted molar refractivity (Wildman–Crippen MR) is 77.1 cm³/mol. The fraction of sp³-hybridized carbons (Fsp3) is 0.438. The van der Waals surface area contributed by atoms with Gasteiger partial charge in [0.2, 0.25) is 0 Å². The Morgan fingerprint density at radius 2 is 2.21 bits per heavy atom.